The molecular formula is C27H32O4. The van der Waals surface area contributed by atoms with E-state index in [1.165, 1.54) is 5.56 Å². The fourth-order valence-corrected chi connectivity index (χ4v) is 3.85. The summed E-state index contributed by atoms with van der Waals surface area (Å²) in [5.41, 5.74) is 1.09. The van der Waals surface area contributed by atoms with Crippen molar-refractivity contribution in [2.75, 3.05) is 0 Å². The molecule has 1 atom stereocenters. The smallest absolute Gasteiger partial charge is 0.339 e. The summed E-state index contributed by atoms with van der Waals surface area (Å²) in [6.07, 6.45) is 11.9. The number of carbonyl (C=O) groups is 2. The summed E-state index contributed by atoms with van der Waals surface area (Å²) in [5, 5.41) is 0. The van der Waals surface area contributed by atoms with Crippen LogP contribution in [0.15, 0.2) is 71.9 Å². The minimum absolute atomic E-state index is 0.0110. The van der Waals surface area contributed by atoms with Crippen LogP contribution < -0.4 is 0 Å². The fraction of sp³-hybridized carbons (Fsp3) is 0.407. The Morgan fingerprint density at radius 2 is 1.52 bits per heavy atom. The van der Waals surface area contributed by atoms with Crippen molar-refractivity contribution in [1.82, 2.24) is 0 Å². The van der Waals surface area contributed by atoms with Crippen molar-refractivity contribution in [2.45, 2.75) is 71.0 Å². The van der Waals surface area contributed by atoms with Crippen LogP contribution in [0.1, 0.15) is 65.5 Å². The van der Waals surface area contributed by atoms with Crippen LogP contribution in [0.25, 0.3) is 0 Å². The molecule has 1 aliphatic heterocycles. The average molecular weight is 421 g/mol. The van der Waals surface area contributed by atoms with Gasteiger partial charge in [0.15, 0.2) is 5.60 Å². The molecule has 3 rings (SSSR count). The lowest BCUT2D eigenvalue weighted by Gasteiger charge is -2.33. The third-order valence-electron chi connectivity index (χ3n) is 5.37. The first kappa shape index (κ1) is 22.8. The van der Waals surface area contributed by atoms with Crippen molar-refractivity contribution in [2.24, 2.45) is 0 Å². The zero-order chi connectivity index (χ0) is 22.9. The van der Waals surface area contributed by atoms with Crippen LogP contribution >= 0.6 is 0 Å². The van der Waals surface area contributed by atoms with Crippen molar-refractivity contribution in [3.05, 3.63) is 83.0 Å². The number of hydrogen-bond acceptors (Lipinski definition) is 4. The van der Waals surface area contributed by atoms with Crippen LogP contribution in [0.5, 0.6) is 0 Å². The average Bonchev–Trinajstić information content (AvgIpc) is 2.86. The third kappa shape index (κ3) is 5.07. The SMILES string of the molecule is CC(C)(C)OC(=O)C(=C1C=CC=CC=C1)[C@]1(c2ccc(C(C)(C)C)cc2)CCC(=O)O1. The van der Waals surface area contributed by atoms with E-state index in [9.17, 15) is 9.59 Å². The zero-order valence-electron chi connectivity index (χ0n) is 19.3. The number of esters is 2. The zero-order valence-corrected chi connectivity index (χ0v) is 19.3. The molecule has 1 aliphatic carbocycles. The van der Waals surface area contributed by atoms with Gasteiger partial charge in [-0.05, 0) is 37.3 Å². The molecule has 0 spiro atoms. The van der Waals surface area contributed by atoms with Crippen molar-refractivity contribution >= 4 is 11.9 Å². The Morgan fingerprint density at radius 3 is 1.97 bits per heavy atom. The van der Waals surface area contributed by atoms with Gasteiger partial charge in [0, 0.05) is 12.0 Å². The van der Waals surface area contributed by atoms with E-state index in [-0.39, 0.29) is 17.8 Å². The summed E-state index contributed by atoms with van der Waals surface area (Å²) in [4.78, 5) is 25.9. The van der Waals surface area contributed by atoms with Crippen LogP contribution in [-0.4, -0.2) is 17.5 Å². The van der Waals surface area contributed by atoms with E-state index < -0.39 is 17.2 Å². The van der Waals surface area contributed by atoms with Gasteiger partial charge in [-0.3, -0.25) is 4.79 Å². The monoisotopic (exact) mass is 420 g/mol. The Bertz CT molecular complexity index is 958. The first-order valence-corrected chi connectivity index (χ1v) is 10.7. The third-order valence-corrected chi connectivity index (χ3v) is 5.37. The summed E-state index contributed by atoms with van der Waals surface area (Å²) in [6.45, 7) is 11.9. The highest BCUT2D eigenvalue weighted by molar-refractivity contribution is 5.95. The molecule has 0 saturated carbocycles. The largest absolute Gasteiger partial charge is 0.456 e. The summed E-state index contributed by atoms with van der Waals surface area (Å²) in [7, 11) is 0. The lowest BCUT2D eigenvalue weighted by atomic mass is 9.79. The molecule has 31 heavy (non-hydrogen) atoms. The van der Waals surface area contributed by atoms with Gasteiger partial charge >= 0.3 is 11.9 Å². The molecule has 2 aliphatic rings. The minimum Gasteiger partial charge on any atom is -0.456 e. The van der Waals surface area contributed by atoms with Crippen LogP contribution in [0.4, 0.5) is 0 Å². The fourth-order valence-electron chi connectivity index (χ4n) is 3.85. The molecule has 1 heterocycles. The quantitative estimate of drug-likeness (QED) is 0.455. The van der Waals surface area contributed by atoms with Crippen LogP contribution in [0.2, 0.25) is 0 Å². The highest BCUT2D eigenvalue weighted by atomic mass is 16.6. The highest BCUT2D eigenvalue weighted by Gasteiger charge is 2.50. The van der Waals surface area contributed by atoms with Gasteiger partial charge in [0.2, 0.25) is 0 Å². The maximum Gasteiger partial charge on any atom is 0.339 e. The van der Waals surface area contributed by atoms with Crippen molar-refractivity contribution in [1.29, 1.82) is 0 Å². The van der Waals surface area contributed by atoms with E-state index in [4.69, 9.17) is 9.47 Å². The molecule has 4 heteroatoms. The summed E-state index contributed by atoms with van der Waals surface area (Å²) in [5.74, 6) is -0.797. The summed E-state index contributed by atoms with van der Waals surface area (Å²) >= 11 is 0. The number of carbonyl (C=O) groups excluding carboxylic acids is 2. The second kappa shape index (κ2) is 8.33. The van der Waals surface area contributed by atoms with Gasteiger partial charge in [-0.1, -0.05) is 81.5 Å². The van der Waals surface area contributed by atoms with E-state index in [1.54, 1.807) is 0 Å². The molecule has 164 valence electrons. The van der Waals surface area contributed by atoms with Gasteiger partial charge in [-0.25, -0.2) is 4.79 Å². The Morgan fingerprint density at radius 1 is 0.935 bits per heavy atom. The molecule has 0 radical (unpaired) electrons. The predicted molar refractivity (Wildman–Crippen MR) is 122 cm³/mol. The normalized spacial score (nSPS) is 21.1. The van der Waals surface area contributed by atoms with Crippen LogP contribution in [-0.2, 0) is 30.1 Å². The molecule has 1 aromatic rings. The standard InChI is InChI=1S/C27H32O4/c1-25(2,3)20-13-15-21(16-14-20)27(18-17-22(28)30-27)23(24(29)31-26(4,5)6)19-11-9-7-8-10-12-19/h7-16H,17-18H2,1-6H3/t27-/m1/s1. The molecule has 0 unspecified atom stereocenters. The molecule has 4 nitrogen and oxygen atoms in total. The second-order valence-corrected chi connectivity index (χ2v) is 10.1. The molecule has 1 saturated heterocycles. The van der Waals surface area contributed by atoms with E-state index in [0.717, 1.165) is 5.56 Å². The molecule has 0 amide bonds. The molecule has 1 fully saturated rings. The molecule has 0 bridgehead atoms. The Labute approximate surface area is 185 Å². The maximum atomic E-state index is 13.5. The predicted octanol–water partition coefficient (Wildman–Crippen LogP) is 5.84. The van der Waals surface area contributed by atoms with Gasteiger partial charge < -0.3 is 9.47 Å². The maximum absolute atomic E-state index is 13.5. The molecule has 1 aromatic carbocycles. The number of cyclic esters (lactones) is 1. The summed E-state index contributed by atoms with van der Waals surface area (Å²) < 4.78 is 11.8. The van der Waals surface area contributed by atoms with Gasteiger partial charge in [0.25, 0.3) is 0 Å². The second-order valence-electron chi connectivity index (χ2n) is 10.1. The van der Waals surface area contributed by atoms with E-state index >= 15 is 0 Å². The Kier molecular flexibility index (Phi) is 6.13. The number of allylic oxidation sites excluding steroid dienone is 7. The lowest BCUT2D eigenvalue weighted by molar-refractivity contribution is -0.156. The number of rotatable bonds is 3. The number of ether oxygens (including phenoxy) is 2. The van der Waals surface area contributed by atoms with Gasteiger partial charge in [0.1, 0.15) is 5.60 Å². The lowest BCUT2D eigenvalue weighted by Crippen LogP contribution is -2.37. The van der Waals surface area contributed by atoms with E-state index in [2.05, 4.69) is 20.8 Å². The highest BCUT2D eigenvalue weighted by Crippen LogP contribution is 2.46. The first-order chi connectivity index (χ1) is 14.4. The van der Waals surface area contributed by atoms with Crippen LogP contribution in [0.3, 0.4) is 0 Å². The summed E-state index contributed by atoms with van der Waals surface area (Å²) in [6, 6.07) is 8.01. The first-order valence-electron chi connectivity index (χ1n) is 10.7. The van der Waals surface area contributed by atoms with Crippen molar-refractivity contribution < 1.29 is 19.1 Å². The van der Waals surface area contributed by atoms with Crippen LogP contribution in [0, 0.1) is 0 Å². The van der Waals surface area contributed by atoms with E-state index in [0.29, 0.717) is 17.6 Å². The van der Waals surface area contributed by atoms with Gasteiger partial charge in [0.05, 0.1) is 12.0 Å². The molecule has 0 N–H and O–H groups in total. The van der Waals surface area contributed by atoms with Gasteiger partial charge in [-0.15, -0.1) is 0 Å². The topological polar surface area (TPSA) is 52.6 Å². The Hall–Kier alpha value is -2.88. The van der Waals surface area contributed by atoms with Crippen molar-refractivity contribution in [3.8, 4) is 0 Å². The van der Waals surface area contributed by atoms with E-state index in [1.807, 2.05) is 81.5 Å². The minimum atomic E-state index is -1.19. The van der Waals surface area contributed by atoms with Crippen molar-refractivity contribution in [3.63, 3.8) is 0 Å². The number of benzene rings is 1. The molecule has 0 aromatic heterocycles. The Balaban J connectivity index is 2.22. The van der Waals surface area contributed by atoms with Gasteiger partial charge in [-0.2, -0.15) is 0 Å². The number of hydrogen-bond donors (Lipinski definition) is 0. The molecular weight excluding hydrogens is 388 g/mol.